The van der Waals surface area contributed by atoms with E-state index in [0.717, 1.165) is 16.6 Å². The number of benzene rings is 1. The van der Waals surface area contributed by atoms with Crippen LogP contribution in [-0.4, -0.2) is 30.1 Å². The highest BCUT2D eigenvalue weighted by Gasteiger charge is 2.19. The number of hydrogen-bond acceptors (Lipinski definition) is 4. The van der Waals surface area contributed by atoms with E-state index in [1.807, 2.05) is 18.3 Å². The number of fused-ring (bicyclic) bond motifs is 1. The number of amides is 1. The Bertz CT molecular complexity index is 1020. The lowest BCUT2D eigenvalue weighted by Crippen LogP contribution is -2.15. The average molecular weight is 342 g/mol. The molecule has 0 N–H and O–H groups in total. The van der Waals surface area contributed by atoms with Gasteiger partial charge in [0.25, 0.3) is 5.91 Å². The van der Waals surface area contributed by atoms with Gasteiger partial charge in [0.15, 0.2) is 0 Å². The lowest BCUT2D eigenvalue weighted by atomic mass is 10.3. The summed E-state index contributed by atoms with van der Waals surface area (Å²) in [5.41, 5.74) is 1.62. The van der Waals surface area contributed by atoms with E-state index in [-0.39, 0.29) is 5.25 Å². The number of pyridine rings is 1. The van der Waals surface area contributed by atoms with E-state index in [1.165, 1.54) is 6.92 Å². The van der Waals surface area contributed by atoms with E-state index in [0.29, 0.717) is 4.90 Å². The fraction of sp³-hybridized carbons (Fsp3) is 0.235. The second-order valence-corrected chi connectivity index (χ2v) is 8.47. The first kappa shape index (κ1) is 16.3. The molecule has 0 saturated heterocycles. The van der Waals surface area contributed by atoms with Crippen LogP contribution in [0.4, 0.5) is 0 Å². The van der Waals surface area contributed by atoms with Gasteiger partial charge in [-0.05, 0) is 44.2 Å². The summed E-state index contributed by atoms with van der Waals surface area (Å²) < 4.78 is 18.8. The molecule has 0 aliphatic rings. The molecule has 0 aliphatic heterocycles. The van der Waals surface area contributed by atoms with E-state index < -0.39 is 15.6 Å². The first-order chi connectivity index (χ1) is 11.4. The van der Waals surface area contributed by atoms with Crippen molar-refractivity contribution in [3.63, 3.8) is 0 Å². The minimum absolute atomic E-state index is 0.271. The largest absolute Gasteiger partial charge is 0.272 e. The molecule has 0 fully saturated rings. The molecule has 1 aromatic carbocycles. The first-order valence-corrected chi connectivity index (χ1v) is 9.14. The highest BCUT2D eigenvalue weighted by molar-refractivity contribution is 7.94. The van der Waals surface area contributed by atoms with Gasteiger partial charge in [-0.3, -0.25) is 9.78 Å². The third-order valence-corrected chi connectivity index (χ3v) is 6.36. The zero-order valence-electron chi connectivity index (χ0n) is 13.7. The van der Waals surface area contributed by atoms with Crippen molar-refractivity contribution in [2.24, 2.45) is 4.36 Å². The third-order valence-electron chi connectivity index (χ3n) is 3.63. The SMILES string of the molecule is CC(=O)N=S(=O)(c1ccc2nn(-c3cccnc3)cc2c1)C(C)C. The number of carbonyl (C=O) groups excluding carboxylic acids is 1. The number of nitrogens with zero attached hydrogens (tertiary/aromatic N) is 4. The summed E-state index contributed by atoms with van der Waals surface area (Å²) in [5.74, 6) is -0.431. The number of carbonyl (C=O) groups is 1. The molecule has 1 atom stereocenters. The van der Waals surface area contributed by atoms with E-state index >= 15 is 0 Å². The van der Waals surface area contributed by atoms with E-state index in [9.17, 15) is 9.00 Å². The van der Waals surface area contributed by atoms with Crippen molar-refractivity contribution in [3.05, 3.63) is 48.9 Å². The Balaban J connectivity index is 2.16. The van der Waals surface area contributed by atoms with Crippen molar-refractivity contribution in [2.45, 2.75) is 30.9 Å². The Morgan fingerprint density at radius 2 is 2.08 bits per heavy atom. The zero-order valence-corrected chi connectivity index (χ0v) is 14.5. The molecule has 0 aliphatic carbocycles. The van der Waals surface area contributed by atoms with Crippen LogP contribution in [0.2, 0.25) is 0 Å². The monoisotopic (exact) mass is 342 g/mol. The molecule has 7 heteroatoms. The Labute approximate surface area is 140 Å². The Kier molecular flexibility index (Phi) is 4.19. The Hall–Kier alpha value is -2.54. The number of rotatable bonds is 3. The van der Waals surface area contributed by atoms with Crippen LogP contribution in [0, 0.1) is 0 Å². The highest BCUT2D eigenvalue weighted by atomic mass is 32.2. The summed E-state index contributed by atoms with van der Waals surface area (Å²) in [5, 5.41) is 5.06. The fourth-order valence-corrected chi connectivity index (χ4v) is 4.23. The topological polar surface area (TPSA) is 77.2 Å². The predicted molar refractivity (Wildman–Crippen MR) is 93.5 cm³/mol. The minimum atomic E-state index is -2.80. The van der Waals surface area contributed by atoms with Gasteiger partial charge in [-0.25, -0.2) is 8.89 Å². The maximum atomic E-state index is 13.2. The highest BCUT2D eigenvalue weighted by Crippen LogP contribution is 2.24. The smallest absolute Gasteiger partial charge is 0.250 e. The van der Waals surface area contributed by atoms with Crippen molar-refractivity contribution >= 4 is 26.5 Å². The maximum absolute atomic E-state index is 13.2. The number of aromatic nitrogens is 3. The van der Waals surface area contributed by atoms with Crippen LogP contribution >= 0.6 is 0 Å². The summed E-state index contributed by atoms with van der Waals surface area (Å²) in [6, 6.07) is 9.07. The fourth-order valence-electron chi connectivity index (χ4n) is 2.43. The van der Waals surface area contributed by atoms with E-state index in [4.69, 9.17) is 0 Å². The summed E-state index contributed by atoms with van der Waals surface area (Å²) >= 11 is 0. The molecule has 2 heterocycles. The van der Waals surface area contributed by atoms with Gasteiger partial charge >= 0.3 is 0 Å². The molecule has 3 rings (SSSR count). The summed E-state index contributed by atoms with van der Waals surface area (Å²) in [6.07, 6.45) is 5.27. The van der Waals surface area contributed by atoms with E-state index in [1.54, 1.807) is 49.1 Å². The molecule has 24 heavy (non-hydrogen) atoms. The molecule has 2 aromatic heterocycles. The van der Waals surface area contributed by atoms with Gasteiger partial charge in [0, 0.05) is 34.8 Å². The molecule has 3 aromatic rings. The van der Waals surface area contributed by atoms with Crippen LogP contribution in [-0.2, 0) is 14.5 Å². The van der Waals surface area contributed by atoms with Crippen molar-refractivity contribution in [1.29, 1.82) is 0 Å². The lowest BCUT2D eigenvalue weighted by Gasteiger charge is -2.13. The molecule has 0 bridgehead atoms. The predicted octanol–water partition coefficient (Wildman–Crippen LogP) is 3.20. The second-order valence-electron chi connectivity index (χ2n) is 5.73. The van der Waals surface area contributed by atoms with Crippen molar-refractivity contribution in [1.82, 2.24) is 14.8 Å². The molecular weight excluding hydrogens is 324 g/mol. The standard InChI is InChI=1S/C17H18N4O2S/c1-12(2)24(23,20-13(3)22)16-6-7-17-14(9-16)11-21(19-17)15-5-4-8-18-10-15/h4-12H,1-3H3. The second kappa shape index (κ2) is 6.16. The van der Waals surface area contributed by atoms with Crippen LogP contribution < -0.4 is 0 Å². The summed E-state index contributed by atoms with van der Waals surface area (Å²) in [6.45, 7) is 4.93. The molecule has 124 valence electrons. The Morgan fingerprint density at radius 3 is 2.71 bits per heavy atom. The van der Waals surface area contributed by atoms with Crippen LogP contribution in [0.5, 0.6) is 0 Å². The minimum Gasteiger partial charge on any atom is -0.272 e. The van der Waals surface area contributed by atoms with Crippen LogP contribution in [0.15, 0.2) is 58.2 Å². The normalized spacial score (nSPS) is 13.8. The van der Waals surface area contributed by atoms with Crippen LogP contribution in [0.3, 0.4) is 0 Å². The average Bonchev–Trinajstić information content (AvgIpc) is 2.98. The van der Waals surface area contributed by atoms with Gasteiger partial charge in [-0.2, -0.15) is 9.46 Å². The van der Waals surface area contributed by atoms with Gasteiger partial charge in [0.05, 0.1) is 27.1 Å². The summed E-state index contributed by atoms with van der Waals surface area (Å²) in [4.78, 5) is 16.1. The van der Waals surface area contributed by atoms with E-state index in [2.05, 4.69) is 14.4 Å². The van der Waals surface area contributed by atoms with Crippen LogP contribution in [0.25, 0.3) is 16.6 Å². The zero-order chi connectivity index (χ0) is 17.3. The molecule has 1 amide bonds. The van der Waals surface area contributed by atoms with Crippen molar-refractivity contribution in [2.75, 3.05) is 0 Å². The number of hydrogen-bond donors (Lipinski definition) is 0. The molecule has 6 nitrogen and oxygen atoms in total. The van der Waals surface area contributed by atoms with Crippen molar-refractivity contribution in [3.8, 4) is 5.69 Å². The summed E-state index contributed by atoms with van der Waals surface area (Å²) in [7, 11) is -2.80. The van der Waals surface area contributed by atoms with Gasteiger partial charge < -0.3 is 0 Å². The lowest BCUT2D eigenvalue weighted by molar-refractivity contribution is -0.115. The molecule has 0 spiro atoms. The van der Waals surface area contributed by atoms with Gasteiger partial charge in [-0.15, -0.1) is 0 Å². The Morgan fingerprint density at radius 1 is 1.29 bits per heavy atom. The third kappa shape index (κ3) is 2.94. The van der Waals surface area contributed by atoms with Crippen LogP contribution in [0.1, 0.15) is 20.8 Å². The molecule has 1 unspecified atom stereocenters. The molecule has 0 saturated carbocycles. The van der Waals surface area contributed by atoms with Gasteiger partial charge in [0.1, 0.15) is 0 Å². The van der Waals surface area contributed by atoms with Crippen molar-refractivity contribution < 1.29 is 9.00 Å². The first-order valence-electron chi connectivity index (χ1n) is 7.56. The van der Waals surface area contributed by atoms with Gasteiger partial charge in [0.2, 0.25) is 0 Å². The maximum Gasteiger partial charge on any atom is 0.250 e. The molecular formula is C17H18N4O2S. The molecule has 0 radical (unpaired) electrons. The van der Waals surface area contributed by atoms with Gasteiger partial charge in [-0.1, -0.05) is 0 Å². The quantitative estimate of drug-likeness (QED) is 0.732.